The maximum absolute atomic E-state index is 13.0. The van der Waals surface area contributed by atoms with Crippen molar-refractivity contribution in [2.45, 2.75) is 62.9 Å². The lowest BCUT2D eigenvalue weighted by atomic mass is 9.97. The first kappa shape index (κ1) is 17.5. The van der Waals surface area contributed by atoms with Crippen LogP contribution in [0.3, 0.4) is 0 Å². The SMILES string of the molecule is C[C@@H]1CCC[C@H](C)N1C(=O)c1cc(S(=O)(=O)N2CCCC2)cn1C. The first-order valence-electron chi connectivity index (χ1n) is 8.81. The van der Waals surface area contributed by atoms with E-state index in [1.807, 2.05) is 4.90 Å². The number of carbonyl (C=O) groups excluding carboxylic acids is 1. The van der Waals surface area contributed by atoms with Gasteiger partial charge in [-0.15, -0.1) is 0 Å². The summed E-state index contributed by atoms with van der Waals surface area (Å²) in [5.41, 5.74) is 0.452. The third-order valence-corrected chi connectivity index (χ3v) is 7.19. The van der Waals surface area contributed by atoms with Gasteiger partial charge in [0.25, 0.3) is 5.91 Å². The van der Waals surface area contributed by atoms with Crippen LogP contribution in [0.5, 0.6) is 0 Å². The molecule has 0 unspecified atom stereocenters. The Labute approximate surface area is 144 Å². The smallest absolute Gasteiger partial charge is 0.270 e. The number of hydrogen-bond acceptors (Lipinski definition) is 3. The molecule has 2 aliphatic heterocycles. The molecular weight excluding hydrogens is 326 g/mol. The minimum Gasteiger partial charge on any atom is -0.345 e. The van der Waals surface area contributed by atoms with Gasteiger partial charge in [-0.25, -0.2) is 8.42 Å². The lowest BCUT2D eigenvalue weighted by Crippen LogP contribution is -2.47. The largest absolute Gasteiger partial charge is 0.345 e. The average molecular weight is 353 g/mol. The number of carbonyl (C=O) groups is 1. The third kappa shape index (κ3) is 2.99. The van der Waals surface area contributed by atoms with Gasteiger partial charge in [0.2, 0.25) is 10.0 Å². The van der Waals surface area contributed by atoms with Gasteiger partial charge in [0.15, 0.2) is 0 Å². The molecule has 3 heterocycles. The quantitative estimate of drug-likeness (QED) is 0.837. The molecule has 0 spiro atoms. The van der Waals surface area contributed by atoms with Gasteiger partial charge in [0.05, 0.1) is 0 Å². The Balaban J connectivity index is 1.90. The molecule has 0 radical (unpaired) electrons. The van der Waals surface area contributed by atoms with E-state index in [1.54, 1.807) is 23.9 Å². The van der Waals surface area contributed by atoms with Gasteiger partial charge < -0.3 is 9.47 Å². The summed E-state index contributed by atoms with van der Waals surface area (Å²) in [6.07, 6.45) is 6.51. The zero-order valence-corrected chi connectivity index (χ0v) is 15.6. The molecule has 6 nitrogen and oxygen atoms in total. The molecule has 2 atom stereocenters. The number of piperidine rings is 1. The molecule has 0 saturated carbocycles. The number of rotatable bonds is 3. The van der Waals surface area contributed by atoms with Crippen LogP contribution in [0.1, 0.15) is 56.4 Å². The Hall–Kier alpha value is -1.34. The number of nitrogens with zero attached hydrogens (tertiary/aromatic N) is 3. The lowest BCUT2D eigenvalue weighted by molar-refractivity contribution is 0.0501. The molecule has 1 aromatic heterocycles. The molecular formula is C17H27N3O3S. The Morgan fingerprint density at radius 3 is 2.25 bits per heavy atom. The zero-order chi connectivity index (χ0) is 17.5. The van der Waals surface area contributed by atoms with Crippen molar-refractivity contribution in [3.8, 4) is 0 Å². The third-order valence-electron chi connectivity index (χ3n) is 5.33. The van der Waals surface area contributed by atoms with Crippen molar-refractivity contribution < 1.29 is 13.2 Å². The summed E-state index contributed by atoms with van der Waals surface area (Å²) >= 11 is 0. The Morgan fingerprint density at radius 2 is 1.67 bits per heavy atom. The molecule has 0 N–H and O–H groups in total. The Morgan fingerprint density at radius 1 is 1.08 bits per heavy atom. The van der Waals surface area contributed by atoms with E-state index >= 15 is 0 Å². The van der Waals surface area contributed by atoms with E-state index in [9.17, 15) is 13.2 Å². The fourth-order valence-electron chi connectivity index (χ4n) is 3.92. The number of hydrogen-bond donors (Lipinski definition) is 0. The van der Waals surface area contributed by atoms with Gasteiger partial charge in [0.1, 0.15) is 10.6 Å². The van der Waals surface area contributed by atoms with Gasteiger partial charge in [-0.05, 0) is 52.0 Å². The number of sulfonamides is 1. The second-order valence-electron chi connectivity index (χ2n) is 7.12. The monoisotopic (exact) mass is 353 g/mol. The van der Waals surface area contributed by atoms with Crippen LogP contribution in [0.4, 0.5) is 0 Å². The van der Waals surface area contributed by atoms with Crippen LogP contribution in [0.25, 0.3) is 0 Å². The van der Waals surface area contributed by atoms with Crippen LogP contribution in [0.2, 0.25) is 0 Å². The van der Waals surface area contributed by atoms with E-state index in [0.29, 0.717) is 18.8 Å². The summed E-state index contributed by atoms with van der Waals surface area (Å²) in [6, 6.07) is 1.92. The van der Waals surface area contributed by atoms with Gasteiger partial charge in [0, 0.05) is 38.4 Å². The predicted molar refractivity (Wildman–Crippen MR) is 92.4 cm³/mol. The minimum atomic E-state index is -3.49. The van der Waals surface area contributed by atoms with Crippen molar-refractivity contribution in [3.05, 3.63) is 18.0 Å². The van der Waals surface area contributed by atoms with E-state index in [1.165, 1.54) is 4.31 Å². The minimum absolute atomic E-state index is 0.0694. The topological polar surface area (TPSA) is 62.6 Å². The van der Waals surface area contributed by atoms with Gasteiger partial charge in [-0.2, -0.15) is 4.31 Å². The van der Waals surface area contributed by atoms with Crippen molar-refractivity contribution in [3.63, 3.8) is 0 Å². The summed E-state index contributed by atoms with van der Waals surface area (Å²) < 4.78 is 28.6. The van der Waals surface area contributed by atoms with Crippen LogP contribution < -0.4 is 0 Å². The standard InChI is InChI=1S/C17H27N3O3S/c1-13-7-6-8-14(2)20(13)17(21)16-11-15(12-18(16)3)24(22,23)19-9-4-5-10-19/h11-14H,4-10H2,1-3H3/t13-,14+. The molecule has 3 rings (SSSR count). The second kappa shape index (κ2) is 6.52. The molecule has 134 valence electrons. The van der Waals surface area contributed by atoms with Crippen LogP contribution in [-0.4, -0.2) is 53.3 Å². The summed E-state index contributed by atoms with van der Waals surface area (Å²) in [5, 5.41) is 0. The number of likely N-dealkylation sites (tertiary alicyclic amines) is 1. The highest BCUT2D eigenvalue weighted by Crippen LogP contribution is 2.27. The van der Waals surface area contributed by atoms with Crippen molar-refractivity contribution in [1.29, 1.82) is 0 Å². The maximum atomic E-state index is 13.0. The molecule has 2 saturated heterocycles. The summed E-state index contributed by atoms with van der Waals surface area (Å²) in [5.74, 6) is -0.0694. The van der Waals surface area contributed by atoms with Crippen LogP contribution in [-0.2, 0) is 17.1 Å². The predicted octanol–water partition coefficient (Wildman–Crippen LogP) is 2.21. The maximum Gasteiger partial charge on any atom is 0.270 e. The van der Waals surface area contributed by atoms with Gasteiger partial charge in [-0.3, -0.25) is 4.79 Å². The van der Waals surface area contributed by atoms with E-state index < -0.39 is 10.0 Å². The van der Waals surface area contributed by atoms with E-state index in [0.717, 1.165) is 32.1 Å². The number of aryl methyl sites for hydroxylation is 1. The zero-order valence-electron chi connectivity index (χ0n) is 14.7. The molecule has 7 heteroatoms. The van der Waals surface area contributed by atoms with E-state index in [2.05, 4.69) is 13.8 Å². The Kier molecular flexibility index (Phi) is 4.75. The molecule has 0 aliphatic carbocycles. The van der Waals surface area contributed by atoms with Crippen molar-refractivity contribution in [2.75, 3.05) is 13.1 Å². The van der Waals surface area contributed by atoms with Gasteiger partial charge in [-0.1, -0.05) is 0 Å². The van der Waals surface area contributed by atoms with Crippen LogP contribution >= 0.6 is 0 Å². The van der Waals surface area contributed by atoms with E-state index in [4.69, 9.17) is 0 Å². The lowest BCUT2D eigenvalue weighted by Gasteiger charge is -2.39. The van der Waals surface area contributed by atoms with Crippen molar-refractivity contribution >= 4 is 15.9 Å². The molecule has 1 aromatic rings. The first-order chi connectivity index (χ1) is 11.3. The molecule has 0 aromatic carbocycles. The number of aromatic nitrogens is 1. The molecule has 1 amide bonds. The van der Waals surface area contributed by atoms with Crippen molar-refractivity contribution in [2.24, 2.45) is 7.05 Å². The summed E-state index contributed by atoms with van der Waals surface area (Å²) in [6.45, 7) is 5.28. The molecule has 0 bridgehead atoms. The molecule has 2 fully saturated rings. The molecule has 2 aliphatic rings. The van der Waals surface area contributed by atoms with Crippen LogP contribution in [0, 0.1) is 0 Å². The summed E-state index contributed by atoms with van der Waals surface area (Å²) in [7, 11) is -1.74. The average Bonchev–Trinajstić information content (AvgIpc) is 3.16. The van der Waals surface area contributed by atoms with Crippen LogP contribution in [0.15, 0.2) is 17.2 Å². The fourth-order valence-corrected chi connectivity index (χ4v) is 5.51. The normalized spacial score (nSPS) is 26.0. The first-order valence-corrected chi connectivity index (χ1v) is 10.3. The highest BCUT2D eigenvalue weighted by atomic mass is 32.2. The number of amides is 1. The van der Waals surface area contributed by atoms with E-state index in [-0.39, 0.29) is 22.9 Å². The second-order valence-corrected chi connectivity index (χ2v) is 9.06. The molecule has 24 heavy (non-hydrogen) atoms. The van der Waals surface area contributed by atoms with Crippen molar-refractivity contribution in [1.82, 2.24) is 13.8 Å². The van der Waals surface area contributed by atoms with Gasteiger partial charge >= 0.3 is 0 Å². The Bertz CT molecular complexity index is 709. The highest BCUT2D eigenvalue weighted by Gasteiger charge is 2.33. The summed E-state index contributed by atoms with van der Waals surface area (Å²) in [4.78, 5) is 15.1. The fraction of sp³-hybridized carbons (Fsp3) is 0.706. The highest BCUT2D eigenvalue weighted by molar-refractivity contribution is 7.89.